The van der Waals surface area contributed by atoms with Gasteiger partial charge < -0.3 is 5.84 Å². The Morgan fingerprint density at radius 3 is 3.27 bits per heavy atom. The summed E-state index contributed by atoms with van der Waals surface area (Å²) in [4.78, 5) is 0. The summed E-state index contributed by atoms with van der Waals surface area (Å²) in [6.07, 6.45) is 4.41. The summed E-state index contributed by atoms with van der Waals surface area (Å²) in [6, 6.07) is 1.88. The van der Waals surface area contributed by atoms with Crippen LogP contribution in [0.25, 0.3) is 0 Å². The van der Waals surface area contributed by atoms with Gasteiger partial charge in [0.2, 0.25) is 0 Å². The van der Waals surface area contributed by atoms with E-state index in [1.54, 1.807) is 12.4 Å². The number of hydrogen-bond acceptors (Lipinski definition) is 3. The zero-order valence-electron chi connectivity index (χ0n) is 6.57. The molecular formula is C7H12N4. The molecular weight excluding hydrogens is 140 g/mol. The van der Waals surface area contributed by atoms with E-state index < -0.39 is 0 Å². The molecule has 4 heteroatoms. The van der Waals surface area contributed by atoms with Crippen molar-refractivity contribution in [3.63, 3.8) is 0 Å². The van der Waals surface area contributed by atoms with Gasteiger partial charge in [-0.25, -0.2) is 0 Å². The number of hydrazone groups is 1. The van der Waals surface area contributed by atoms with Crippen LogP contribution in [0.15, 0.2) is 17.4 Å². The molecule has 0 saturated heterocycles. The van der Waals surface area contributed by atoms with Gasteiger partial charge in [0, 0.05) is 12.7 Å². The summed E-state index contributed by atoms with van der Waals surface area (Å²) in [5.41, 5.74) is 0.953. The van der Waals surface area contributed by atoms with E-state index in [2.05, 4.69) is 17.1 Å². The van der Waals surface area contributed by atoms with E-state index >= 15 is 0 Å². The minimum absolute atomic E-state index is 0.911. The van der Waals surface area contributed by atoms with E-state index in [9.17, 15) is 0 Å². The molecule has 0 bridgehead atoms. The normalized spacial score (nSPS) is 11.0. The number of aromatic nitrogens is 2. The molecule has 0 aliphatic carbocycles. The van der Waals surface area contributed by atoms with E-state index in [-0.39, 0.29) is 0 Å². The summed E-state index contributed by atoms with van der Waals surface area (Å²) in [5.74, 6) is 5.01. The van der Waals surface area contributed by atoms with Crippen molar-refractivity contribution in [3.05, 3.63) is 18.0 Å². The first-order chi connectivity index (χ1) is 5.38. The monoisotopic (exact) mass is 152 g/mol. The van der Waals surface area contributed by atoms with E-state index in [1.165, 1.54) is 0 Å². The Balaban J connectivity index is 2.78. The van der Waals surface area contributed by atoms with Crippen molar-refractivity contribution in [2.24, 2.45) is 10.9 Å². The average Bonchev–Trinajstić information content (AvgIpc) is 2.39. The Hall–Kier alpha value is -1.32. The van der Waals surface area contributed by atoms with Crippen LogP contribution in [0.4, 0.5) is 0 Å². The van der Waals surface area contributed by atoms with Gasteiger partial charge in [0.25, 0.3) is 0 Å². The highest BCUT2D eigenvalue weighted by Crippen LogP contribution is 1.95. The molecule has 0 unspecified atom stereocenters. The molecule has 1 rings (SSSR count). The number of nitrogens with two attached hydrogens (primary N) is 1. The Morgan fingerprint density at radius 1 is 1.82 bits per heavy atom. The van der Waals surface area contributed by atoms with Crippen molar-refractivity contribution in [3.8, 4) is 0 Å². The van der Waals surface area contributed by atoms with Gasteiger partial charge in [0.1, 0.15) is 0 Å². The van der Waals surface area contributed by atoms with Crippen molar-refractivity contribution >= 4 is 6.21 Å². The van der Waals surface area contributed by atoms with E-state index in [0.29, 0.717) is 0 Å². The van der Waals surface area contributed by atoms with Crippen LogP contribution in [0.1, 0.15) is 19.0 Å². The highest BCUT2D eigenvalue weighted by atomic mass is 15.3. The van der Waals surface area contributed by atoms with E-state index in [4.69, 9.17) is 5.84 Å². The van der Waals surface area contributed by atoms with Gasteiger partial charge in [0.15, 0.2) is 0 Å². The lowest BCUT2D eigenvalue weighted by Gasteiger charge is -1.99. The lowest BCUT2D eigenvalue weighted by Crippen LogP contribution is -2.04. The predicted octanol–water partition coefficient (Wildman–Crippen LogP) is 0.586. The summed E-state index contributed by atoms with van der Waals surface area (Å²) >= 11 is 0. The Labute approximate surface area is 65.7 Å². The van der Waals surface area contributed by atoms with Crippen molar-refractivity contribution in [1.82, 2.24) is 9.78 Å². The Bertz CT molecular complexity index is 238. The number of hydrogen-bond donors (Lipinski definition) is 1. The second kappa shape index (κ2) is 3.75. The topological polar surface area (TPSA) is 56.2 Å². The SMILES string of the molecule is CCCn1nccc1/C=N/N. The third kappa shape index (κ3) is 1.80. The second-order valence-corrected chi connectivity index (χ2v) is 2.26. The second-order valence-electron chi connectivity index (χ2n) is 2.26. The highest BCUT2D eigenvalue weighted by molar-refractivity contribution is 5.76. The van der Waals surface area contributed by atoms with Crippen molar-refractivity contribution in [2.75, 3.05) is 0 Å². The molecule has 1 aromatic heterocycles. The smallest absolute Gasteiger partial charge is 0.0810 e. The molecule has 0 fully saturated rings. The molecule has 0 saturated carbocycles. The molecule has 1 heterocycles. The van der Waals surface area contributed by atoms with Crippen LogP contribution in [0, 0.1) is 0 Å². The summed E-state index contributed by atoms with van der Waals surface area (Å²) in [7, 11) is 0. The molecule has 0 radical (unpaired) electrons. The maximum absolute atomic E-state index is 5.01. The fourth-order valence-electron chi connectivity index (χ4n) is 0.928. The minimum Gasteiger partial charge on any atom is -0.323 e. The molecule has 4 nitrogen and oxygen atoms in total. The van der Waals surface area contributed by atoms with Crippen LogP contribution >= 0.6 is 0 Å². The van der Waals surface area contributed by atoms with Crippen LogP contribution in [0.2, 0.25) is 0 Å². The molecule has 11 heavy (non-hydrogen) atoms. The largest absolute Gasteiger partial charge is 0.323 e. The molecule has 2 N–H and O–H groups in total. The van der Waals surface area contributed by atoms with Crippen molar-refractivity contribution in [2.45, 2.75) is 19.9 Å². The first-order valence-corrected chi connectivity index (χ1v) is 3.63. The van der Waals surface area contributed by atoms with Gasteiger partial charge in [-0.15, -0.1) is 0 Å². The Kier molecular flexibility index (Phi) is 2.66. The molecule has 0 spiro atoms. The first kappa shape index (κ1) is 7.78. The average molecular weight is 152 g/mol. The van der Waals surface area contributed by atoms with Crippen LogP contribution in [0.5, 0.6) is 0 Å². The van der Waals surface area contributed by atoms with Gasteiger partial charge in [-0.3, -0.25) is 4.68 Å². The van der Waals surface area contributed by atoms with E-state index in [0.717, 1.165) is 18.7 Å². The molecule has 0 aliphatic rings. The zero-order valence-corrected chi connectivity index (χ0v) is 6.57. The van der Waals surface area contributed by atoms with Crippen LogP contribution in [-0.2, 0) is 6.54 Å². The lowest BCUT2D eigenvalue weighted by atomic mass is 10.4. The van der Waals surface area contributed by atoms with E-state index in [1.807, 2.05) is 10.7 Å². The van der Waals surface area contributed by atoms with Crippen LogP contribution in [-0.4, -0.2) is 16.0 Å². The maximum Gasteiger partial charge on any atom is 0.0810 e. The fourth-order valence-corrected chi connectivity index (χ4v) is 0.928. The summed E-state index contributed by atoms with van der Waals surface area (Å²) in [5, 5.41) is 7.53. The molecule has 1 aromatic rings. The van der Waals surface area contributed by atoms with Gasteiger partial charge in [-0.1, -0.05) is 6.92 Å². The fraction of sp³-hybridized carbons (Fsp3) is 0.429. The third-order valence-corrected chi connectivity index (χ3v) is 1.39. The quantitative estimate of drug-likeness (QED) is 0.391. The van der Waals surface area contributed by atoms with Gasteiger partial charge >= 0.3 is 0 Å². The van der Waals surface area contributed by atoms with Crippen molar-refractivity contribution in [1.29, 1.82) is 0 Å². The maximum atomic E-state index is 5.01. The predicted molar refractivity (Wildman–Crippen MR) is 44.3 cm³/mol. The molecule has 60 valence electrons. The standard InChI is InChI=1S/C7H12N4/c1-2-5-11-7(6-9-8)3-4-10-11/h3-4,6H,2,5,8H2,1H3/b9-6+. The molecule has 0 aromatic carbocycles. The van der Waals surface area contributed by atoms with Gasteiger partial charge in [-0.05, 0) is 12.5 Å². The highest BCUT2D eigenvalue weighted by Gasteiger charge is 1.95. The number of nitrogens with zero attached hydrogens (tertiary/aromatic N) is 3. The lowest BCUT2D eigenvalue weighted by molar-refractivity contribution is 0.599. The first-order valence-electron chi connectivity index (χ1n) is 3.63. The summed E-state index contributed by atoms with van der Waals surface area (Å²) < 4.78 is 1.87. The third-order valence-electron chi connectivity index (χ3n) is 1.39. The number of aryl methyl sites for hydroxylation is 1. The van der Waals surface area contributed by atoms with Crippen LogP contribution < -0.4 is 5.84 Å². The van der Waals surface area contributed by atoms with Gasteiger partial charge in [-0.2, -0.15) is 10.2 Å². The molecule has 0 amide bonds. The number of rotatable bonds is 3. The van der Waals surface area contributed by atoms with Crippen LogP contribution in [0.3, 0.4) is 0 Å². The van der Waals surface area contributed by atoms with Gasteiger partial charge in [0.05, 0.1) is 11.9 Å². The minimum atomic E-state index is 0.911. The molecule has 0 atom stereocenters. The van der Waals surface area contributed by atoms with Crippen molar-refractivity contribution < 1.29 is 0 Å². The zero-order chi connectivity index (χ0) is 8.10. The Morgan fingerprint density at radius 2 is 2.64 bits per heavy atom. The molecule has 0 aliphatic heterocycles. The summed E-state index contributed by atoms with van der Waals surface area (Å²) in [6.45, 7) is 3.01.